The van der Waals surface area contributed by atoms with Crippen molar-refractivity contribution in [1.29, 1.82) is 0 Å². The lowest BCUT2D eigenvalue weighted by Crippen LogP contribution is -2.11. The van der Waals surface area contributed by atoms with Crippen molar-refractivity contribution >= 4 is 19.3 Å². The molecular formula is C11H15BO3. The van der Waals surface area contributed by atoms with Gasteiger partial charge in [-0.3, -0.25) is 0 Å². The summed E-state index contributed by atoms with van der Waals surface area (Å²) < 4.78 is 10.2. The van der Waals surface area contributed by atoms with Gasteiger partial charge in [-0.25, -0.2) is 4.79 Å². The van der Waals surface area contributed by atoms with Crippen molar-refractivity contribution in [1.82, 2.24) is 0 Å². The standard InChI is InChI=1S/C11H15BO3/c1-3-6-15-10-7-8(12)4-5-9(10)11(13)14-2/h4-5,7H,3,6,12H2,1-2H3. The first-order chi connectivity index (χ1) is 7.19. The molecular weight excluding hydrogens is 191 g/mol. The molecule has 0 bridgehead atoms. The average Bonchev–Trinajstić information content (AvgIpc) is 2.25. The number of benzene rings is 1. The van der Waals surface area contributed by atoms with Crippen LogP contribution in [0.5, 0.6) is 5.75 Å². The van der Waals surface area contributed by atoms with Crippen molar-refractivity contribution in [3.05, 3.63) is 23.8 Å². The molecule has 0 fully saturated rings. The van der Waals surface area contributed by atoms with Crippen molar-refractivity contribution in [2.45, 2.75) is 13.3 Å². The van der Waals surface area contributed by atoms with Crippen LogP contribution in [-0.2, 0) is 4.74 Å². The first-order valence-corrected chi connectivity index (χ1v) is 5.00. The van der Waals surface area contributed by atoms with Crippen LogP contribution in [-0.4, -0.2) is 27.5 Å². The number of carbonyl (C=O) groups excluding carboxylic acids is 1. The predicted octanol–water partition coefficient (Wildman–Crippen LogP) is 0.520. The van der Waals surface area contributed by atoms with E-state index in [0.717, 1.165) is 11.9 Å². The van der Waals surface area contributed by atoms with Gasteiger partial charge in [-0.15, -0.1) is 0 Å². The molecule has 1 aromatic rings. The summed E-state index contributed by atoms with van der Waals surface area (Å²) in [4.78, 5) is 11.4. The van der Waals surface area contributed by atoms with Gasteiger partial charge >= 0.3 is 5.97 Å². The normalized spacial score (nSPS) is 9.73. The lowest BCUT2D eigenvalue weighted by atomic mass is 9.94. The fourth-order valence-electron chi connectivity index (χ4n) is 1.24. The molecule has 80 valence electrons. The summed E-state index contributed by atoms with van der Waals surface area (Å²) in [6.07, 6.45) is 0.911. The second-order valence-corrected chi connectivity index (χ2v) is 3.34. The molecule has 0 atom stereocenters. The Hall–Kier alpha value is -1.45. The summed E-state index contributed by atoms with van der Waals surface area (Å²) in [5.74, 6) is 0.241. The molecule has 0 radical (unpaired) electrons. The number of ether oxygens (including phenoxy) is 2. The predicted molar refractivity (Wildman–Crippen MR) is 61.7 cm³/mol. The third kappa shape index (κ3) is 3.01. The summed E-state index contributed by atoms with van der Waals surface area (Å²) in [6, 6.07) is 5.44. The summed E-state index contributed by atoms with van der Waals surface area (Å²) in [7, 11) is 3.33. The highest BCUT2D eigenvalue weighted by Gasteiger charge is 2.12. The molecule has 0 amide bonds. The summed E-state index contributed by atoms with van der Waals surface area (Å²) in [6.45, 7) is 2.63. The van der Waals surface area contributed by atoms with Gasteiger partial charge < -0.3 is 9.47 Å². The van der Waals surface area contributed by atoms with Gasteiger partial charge in [0.25, 0.3) is 0 Å². The Morgan fingerprint density at radius 3 is 2.80 bits per heavy atom. The molecule has 0 aliphatic carbocycles. The number of methoxy groups -OCH3 is 1. The highest BCUT2D eigenvalue weighted by atomic mass is 16.5. The highest BCUT2D eigenvalue weighted by molar-refractivity contribution is 6.32. The molecule has 0 aliphatic heterocycles. The minimum absolute atomic E-state index is 0.360. The maximum absolute atomic E-state index is 11.4. The van der Waals surface area contributed by atoms with E-state index < -0.39 is 0 Å². The number of carbonyl (C=O) groups is 1. The number of rotatable bonds is 4. The second-order valence-electron chi connectivity index (χ2n) is 3.34. The molecule has 0 N–H and O–H groups in total. The van der Waals surface area contributed by atoms with Gasteiger partial charge in [0.1, 0.15) is 19.2 Å². The Morgan fingerprint density at radius 1 is 1.47 bits per heavy atom. The third-order valence-electron chi connectivity index (χ3n) is 2.00. The van der Waals surface area contributed by atoms with Crippen LogP contribution in [0.15, 0.2) is 18.2 Å². The molecule has 0 saturated heterocycles. The maximum atomic E-state index is 11.4. The van der Waals surface area contributed by atoms with E-state index >= 15 is 0 Å². The zero-order chi connectivity index (χ0) is 11.3. The van der Waals surface area contributed by atoms with Crippen LogP contribution in [0, 0.1) is 0 Å². The van der Waals surface area contributed by atoms with Gasteiger partial charge in [-0.05, 0) is 18.6 Å². The lowest BCUT2D eigenvalue weighted by Gasteiger charge is -2.10. The van der Waals surface area contributed by atoms with Crippen molar-refractivity contribution in [3.63, 3.8) is 0 Å². The second kappa shape index (κ2) is 5.44. The van der Waals surface area contributed by atoms with Crippen LogP contribution in [0.25, 0.3) is 0 Å². The van der Waals surface area contributed by atoms with Crippen LogP contribution >= 0.6 is 0 Å². The van der Waals surface area contributed by atoms with Crippen molar-refractivity contribution < 1.29 is 14.3 Å². The number of esters is 1. The quantitative estimate of drug-likeness (QED) is 0.532. The fourth-order valence-corrected chi connectivity index (χ4v) is 1.24. The zero-order valence-electron chi connectivity index (χ0n) is 9.37. The maximum Gasteiger partial charge on any atom is 0.341 e. The van der Waals surface area contributed by atoms with E-state index in [0.29, 0.717) is 17.9 Å². The van der Waals surface area contributed by atoms with Crippen molar-refractivity contribution in [2.75, 3.05) is 13.7 Å². The molecule has 3 nitrogen and oxygen atoms in total. The largest absolute Gasteiger partial charge is 0.493 e. The molecule has 15 heavy (non-hydrogen) atoms. The molecule has 0 heterocycles. The molecule has 1 rings (SSSR count). The summed E-state index contributed by atoms with van der Waals surface area (Å²) in [5.41, 5.74) is 1.55. The Balaban J connectivity index is 2.97. The van der Waals surface area contributed by atoms with Crippen LogP contribution < -0.4 is 10.2 Å². The van der Waals surface area contributed by atoms with Crippen LogP contribution in [0.1, 0.15) is 23.7 Å². The van der Waals surface area contributed by atoms with Gasteiger partial charge in [0.15, 0.2) is 0 Å². The van der Waals surface area contributed by atoms with Gasteiger partial charge in [-0.2, -0.15) is 0 Å². The van der Waals surface area contributed by atoms with Crippen molar-refractivity contribution in [2.24, 2.45) is 0 Å². The van der Waals surface area contributed by atoms with Gasteiger partial charge in [0, 0.05) is 0 Å². The van der Waals surface area contributed by atoms with E-state index in [1.807, 2.05) is 26.9 Å². The van der Waals surface area contributed by atoms with Gasteiger partial charge in [0.2, 0.25) is 0 Å². The van der Waals surface area contributed by atoms with Crippen LogP contribution in [0.2, 0.25) is 0 Å². The first kappa shape index (κ1) is 11.6. The van der Waals surface area contributed by atoms with E-state index in [-0.39, 0.29) is 5.97 Å². The molecule has 0 unspecified atom stereocenters. The highest BCUT2D eigenvalue weighted by Crippen LogP contribution is 2.17. The summed E-state index contributed by atoms with van der Waals surface area (Å²) in [5, 5.41) is 0. The van der Waals surface area contributed by atoms with E-state index in [2.05, 4.69) is 4.74 Å². The summed E-state index contributed by atoms with van der Waals surface area (Å²) >= 11 is 0. The molecule has 1 aromatic carbocycles. The first-order valence-electron chi connectivity index (χ1n) is 5.00. The molecule has 0 spiro atoms. The topological polar surface area (TPSA) is 35.5 Å². The van der Waals surface area contributed by atoms with Crippen molar-refractivity contribution in [3.8, 4) is 5.75 Å². The van der Waals surface area contributed by atoms with E-state index in [1.54, 1.807) is 6.07 Å². The molecule has 0 aromatic heterocycles. The van der Waals surface area contributed by atoms with Crippen LogP contribution in [0.4, 0.5) is 0 Å². The van der Waals surface area contributed by atoms with Gasteiger partial charge in [0.05, 0.1) is 13.7 Å². The minimum atomic E-state index is -0.360. The molecule has 0 saturated carbocycles. The average molecular weight is 206 g/mol. The smallest absolute Gasteiger partial charge is 0.341 e. The Bertz CT molecular complexity index is 350. The SMILES string of the molecule is Bc1ccc(C(=O)OC)c(OCCC)c1. The fraction of sp³-hybridized carbons (Fsp3) is 0.364. The van der Waals surface area contributed by atoms with Gasteiger partial charge in [-0.1, -0.05) is 18.5 Å². The Morgan fingerprint density at radius 2 is 2.20 bits per heavy atom. The zero-order valence-corrected chi connectivity index (χ0v) is 9.37. The third-order valence-corrected chi connectivity index (χ3v) is 2.00. The Kier molecular flexibility index (Phi) is 4.22. The van der Waals surface area contributed by atoms with E-state index in [4.69, 9.17) is 4.74 Å². The minimum Gasteiger partial charge on any atom is -0.493 e. The molecule has 0 aliphatic rings. The van der Waals surface area contributed by atoms with E-state index in [9.17, 15) is 4.79 Å². The van der Waals surface area contributed by atoms with E-state index in [1.165, 1.54) is 7.11 Å². The number of hydrogen-bond donors (Lipinski definition) is 0. The lowest BCUT2D eigenvalue weighted by molar-refractivity contribution is 0.0596. The Labute approximate surface area is 90.8 Å². The van der Waals surface area contributed by atoms with Crippen LogP contribution in [0.3, 0.4) is 0 Å². The monoisotopic (exact) mass is 206 g/mol. The molecule has 4 heteroatoms. The number of hydrogen-bond acceptors (Lipinski definition) is 3.